The molecule has 1 aromatic carbocycles. The number of nitrogens with zero attached hydrogens (tertiary/aromatic N) is 2. The first-order valence-corrected chi connectivity index (χ1v) is 8.64. The number of hydrogen-bond donors (Lipinski definition) is 1. The fourth-order valence-electron chi connectivity index (χ4n) is 3.38. The zero-order valence-corrected chi connectivity index (χ0v) is 15.1. The van der Waals surface area contributed by atoms with Crippen LogP contribution < -0.4 is 4.74 Å². The Bertz CT molecular complexity index is 728. The van der Waals surface area contributed by atoms with Gasteiger partial charge in [-0.25, -0.2) is 4.79 Å². The first-order chi connectivity index (χ1) is 12.5. The average molecular weight is 360 g/mol. The van der Waals surface area contributed by atoms with Gasteiger partial charge in [0.05, 0.1) is 11.8 Å². The summed E-state index contributed by atoms with van der Waals surface area (Å²) in [5, 5.41) is 12.6. The van der Waals surface area contributed by atoms with E-state index in [0.29, 0.717) is 11.7 Å². The minimum Gasteiger partial charge on any atom is -0.482 e. The molecule has 26 heavy (non-hydrogen) atoms. The van der Waals surface area contributed by atoms with Gasteiger partial charge in [-0.1, -0.05) is 17.3 Å². The number of hydrogen-bond acceptors (Lipinski definition) is 6. The predicted octanol–water partition coefficient (Wildman–Crippen LogP) is 2.14. The van der Waals surface area contributed by atoms with Crippen molar-refractivity contribution in [3.63, 3.8) is 0 Å². The smallest absolute Gasteiger partial charge is 0.341 e. The Labute approximate surface area is 152 Å². The van der Waals surface area contributed by atoms with Gasteiger partial charge in [-0.15, -0.1) is 0 Å². The maximum atomic E-state index is 10.5. The summed E-state index contributed by atoms with van der Waals surface area (Å²) in [5.74, 6) is 0.845. The lowest BCUT2D eigenvalue weighted by molar-refractivity contribution is -0.139. The van der Waals surface area contributed by atoms with E-state index in [9.17, 15) is 4.79 Å². The quantitative estimate of drug-likeness (QED) is 0.772. The van der Waals surface area contributed by atoms with Crippen LogP contribution in [0.2, 0.25) is 0 Å². The first-order valence-electron chi connectivity index (χ1n) is 8.64. The average Bonchev–Trinajstić information content (AvgIpc) is 3.20. The fraction of sp³-hybridized carbons (Fsp3) is 0.474. The Morgan fingerprint density at radius 1 is 1.35 bits per heavy atom. The van der Waals surface area contributed by atoms with Gasteiger partial charge in [0, 0.05) is 45.1 Å². The summed E-state index contributed by atoms with van der Waals surface area (Å²) >= 11 is 0. The van der Waals surface area contributed by atoms with Gasteiger partial charge >= 0.3 is 5.97 Å². The molecular formula is C19H24N2O5. The molecule has 1 fully saturated rings. The van der Waals surface area contributed by atoms with Crippen LogP contribution in [0.1, 0.15) is 17.0 Å². The van der Waals surface area contributed by atoms with E-state index in [1.807, 2.05) is 25.1 Å². The molecule has 1 aromatic heterocycles. The SMILES string of the molecule is COC1CN(Cc2ccc(OCC(=O)O)cc2)CC1Cc1cc(C)no1. The number of rotatable bonds is 8. The Hall–Kier alpha value is -2.38. The highest BCUT2D eigenvalue weighted by Crippen LogP contribution is 2.25. The maximum Gasteiger partial charge on any atom is 0.341 e. The zero-order valence-electron chi connectivity index (χ0n) is 15.1. The molecule has 1 N–H and O–H groups in total. The third-order valence-corrected chi connectivity index (χ3v) is 4.59. The number of aromatic nitrogens is 1. The summed E-state index contributed by atoms with van der Waals surface area (Å²) < 4.78 is 16.2. The van der Waals surface area contributed by atoms with Crippen LogP contribution in [0.4, 0.5) is 0 Å². The Kier molecular flexibility index (Phi) is 5.90. The number of methoxy groups -OCH3 is 1. The van der Waals surface area contributed by atoms with Gasteiger partial charge in [-0.3, -0.25) is 4.90 Å². The van der Waals surface area contributed by atoms with E-state index in [2.05, 4.69) is 10.1 Å². The Morgan fingerprint density at radius 2 is 2.12 bits per heavy atom. The Balaban J connectivity index is 1.55. The van der Waals surface area contributed by atoms with Crippen LogP contribution in [0.25, 0.3) is 0 Å². The second kappa shape index (κ2) is 8.33. The van der Waals surface area contributed by atoms with Crippen molar-refractivity contribution in [2.45, 2.75) is 26.0 Å². The van der Waals surface area contributed by atoms with E-state index >= 15 is 0 Å². The van der Waals surface area contributed by atoms with E-state index in [-0.39, 0.29) is 12.7 Å². The molecule has 7 nitrogen and oxygen atoms in total. The van der Waals surface area contributed by atoms with Crippen molar-refractivity contribution in [1.29, 1.82) is 0 Å². The third kappa shape index (κ3) is 4.83. The van der Waals surface area contributed by atoms with Crippen molar-refractivity contribution < 1.29 is 23.9 Å². The van der Waals surface area contributed by atoms with Crippen LogP contribution >= 0.6 is 0 Å². The Morgan fingerprint density at radius 3 is 2.73 bits per heavy atom. The van der Waals surface area contributed by atoms with Crippen LogP contribution in [0.5, 0.6) is 5.75 Å². The van der Waals surface area contributed by atoms with Crippen molar-refractivity contribution in [3.05, 3.63) is 47.3 Å². The number of ether oxygens (including phenoxy) is 2. The van der Waals surface area contributed by atoms with E-state index in [0.717, 1.165) is 43.1 Å². The lowest BCUT2D eigenvalue weighted by atomic mass is 10.0. The molecule has 2 heterocycles. The molecular weight excluding hydrogens is 336 g/mol. The van der Waals surface area contributed by atoms with Crippen molar-refractivity contribution in [2.24, 2.45) is 5.92 Å². The molecule has 3 rings (SSSR count). The minimum absolute atomic E-state index is 0.165. The lowest BCUT2D eigenvalue weighted by Crippen LogP contribution is -2.23. The van der Waals surface area contributed by atoms with Crippen molar-refractivity contribution >= 4 is 5.97 Å². The monoisotopic (exact) mass is 360 g/mol. The largest absolute Gasteiger partial charge is 0.482 e. The molecule has 1 saturated heterocycles. The summed E-state index contributed by atoms with van der Waals surface area (Å²) in [6.07, 6.45) is 0.983. The van der Waals surface area contributed by atoms with Gasteiger partial charge in [0.25, 0.3) is 0 Å². The number of aliphatic carboxylic acids is 1. The van der Waals surface area contributed by atoms with E-state index in [1.165, 1.54) is 0 Å². The maximum absolute atomic E-state index is 10.5. The molecule has 0 saturated carbocycles. The van der Waals surface area contributed by atoms with Crippen molar-refractivity contribution in [1.82, 2.24) is 10.1 Å². The van der Waals surface area contributed by atoms with Gasteiger partial charge in [0.2, 0.25) is 0 Å². The molecule has 7 heteroatoms. The zero-order chi connectivity index (χ0) is 18.5. The van der Waals surface area contributed by atoms with E-state index < -0.39 is 5.97 Å². The highest BCUT2D eigenvalue weighted by molar-refractivity contribution is 5.68. The molecule has 0 amide bonds. The molecule has 140 valence electrons. The molecule has 2 unspecified atom stereocenters. The van der Waals surface area contributed by atoms with Gasteiger partial charge < -0.3 is 19.1 Å². The third-order valence-electron chi connectivity index (χ3n) is 4.59. The molecule has 1 aliphatic heterocycles. The molecule has 0 bridgehead atoms. The number of benzene rings is 1. The number of carboxylic acid groups (broad SMARTS) is 1. The standard InChI is InChI=1S/C19H24N2O5/c1-13-7-17(26-20-13)8-15-10-21(11-18(15)24-2)9-14-3-5-16(6-4-14)25-12-19(22)23/h3-7,15,18H,8-12H2,1-2H3,(H,22,23). The molecule has 0 spiro atoms. The minimum atomic E-state index is -0.982. The van der Waals surface area contributed by atoms with Crippen LogP contribution in [0, 0.1) is 12.8 Å². The lowest BCUT2D eigenvalue weighted by Gasteiger charge is -2.15. The summed E-state index contributed by atoms with van der Waals surface area (Å²) in [6.45, 7) is 4.20. The predicted molar refractivity (Wildman–Crippen MR) is 94.1 cm³/mol. The summed E-state index contributed by atoms with van der Waals surface area (Å²) in [6, 6.07) is 9.51. The molecule has 0 aliphatic carbocycles. The van der Waals surface area contributed by atoms with Crippen LogP contribution in [0.15, 0.2) is 34.9 Å². The summed E-state index contributed by atoms with van der Waals surface area (Å²) in [7, 11) is 1.75. The number of carboxylic acids is 1. The molecule has 0 radical (unpaired) electrons. The van der Waals surface area contributed by atoms with Gasteiger partial charge in [0.15, 0.2) is 6.61 Å². The molecule has 2 atom stereocenters. The van der Waals surface area contributed by atoms with Crippen LogP contribution in [-0.4, -0.2) is 54.0 Å². The second-order valence-corrected chi connectivity index (χ2v) is 6.69. The van der Waals surface area contributed by atoms with E-state index in [1.54, 1.807) is 19.2 Å². The normalized spacial score (nSPS) is 20.4. The summed E-state index contributed by atoms with van der Waals surface area (Å²) in [4.78, 5) is 12.9. The van der Waals surface area contributed by atoms with Gasteiger partial charge in [-0.05, 0) is 24.6 Å². The van der Waals surface area contributed by atoms with Crippen LogP contribution in [-0.2, 0) is 22.5 Å². The van der Waals surface area contributed by atoms with Crippen LogP contribution in [0.3, 0.4) is 0 Å². The molecule has 2 aromatic rings. The second-order valence-electron chi connectivity index (χ2n) is 6.69. The number of likely N-dealkylation sites (tertiary alicyclic amines) is 1. The number of aryl methyl sites for hydroxylation is 1. The van der Waals surface area contributed by atoms with Crippen molar-refractivity contribution in [2.75, 3.05) is 26.8 Å². The van der Waals surface area contributed by atoms with Gasteiger partial charge in [-0.2, -0.15) is 0 Å². The fourth-order valence-corrected chi connectivity index (χ4v) is 3.38. The topological polar surface area (TPSA) is 85.0 Å². The first kappa shape index (κ1) is 18.4. The highest BCUT2D eigenvalue weighted by Gasteiger charge is 2.33. The van der Waals surface area contributed by atoms with Gasteiger partial charge in [0.1, 0.15) is 11.5 Å². The highest BCUT2D eigenvalue weighted by atomic mass is 16.5. The summed E-state index contributed by atoms with van der Waals surface area (Å²) in [5.41, 5.74) is 2.05. The molecule has 1 aliphatic rings. The number of carbonyl (C=O) groups is 1. The van der Waals surface area contributed by atoms with E-state index in [4.69, 9.17) is 19.1 Å². The van der Waals surface area contributed by atoms with Crippen molar-refractivity contribution in [3.8, 4) is 5.75 Å².